The molecule has 112 valence electrons. The van der Waals surface area contributed by atoms with Gasteiger partial charge in [-0.3, -0.25) is 4.79 Å². The summed E-state index contributed by atoms with van der Waals surface area (Å²) in [5.41, 5.74) is 0.752. The summed E-state index contributed by atoms with van der Waals surface area (Å²) in [7, 11) is 2.08. The molecule has 1 amide bonds. The second kappa shape index (κ2) is 5.99. The van der Waals surface area contributed by atoms with E-state index < -0.39 is 0 Å². The minimum absolute atomic E-state index is 0.136. The molecule has 0 radical (unpaired) electrons. The molecule has 0 aromatic carbocycles. The van der Waals surface area contributed by atoms with Crippen LogP contribution in [-0.4, -0.2) is 53.9 Å². The highest BCUT2D eigenvalue weighted by Crippen LogP contribution is 2.26. The SMILES string of the molecule is Cc1oc(-c2cccs2)nc1CC(=O)N1CCN(C)CC1. The molecule has 0 saturated carbocycles. The summed E-state index contributed by atoms with van der Waals surface area (Å²) in [5, 5.41) is 1.99. The first-order valence-corrected chi connectivity index (χ1v) is 7.98. The van der Waals surface area contributed by atoms with Gasteiger partial charge in [-0.15, -0.1) is 11.3 Å². The van der Waals surface area contributed by atoms with Gasteiger partial charge in [0.05, 0.1) is 17.0 Å². The summed E-state index contributed by atoms with van der Waals surface area (Å²) in [6.07, 6.45) is 0.324. The second-order valence-corrected chi connectivity index (χ2v) is 6.31. The number of hydrogen-bond donors (Lipinski definition) is 0. The Morgan fingerprint density at radius 2 is 2.14 bits per heavy atom. The number of rotatable bonds is 3. The van der Waals surface area contributed by atoms with Crippen molar-refractivity contribution in [2.24, 2.45) is 0 Å². The fourth-order valence-electron chi connectivity index (χ4n) is 2.41. The molecule has 0 spiro atoms. The molecule has 0 unspecified atom stereocenters. The van der Waals surface area contributed by atoms with E-state index in [4.69, 9.17) is 4.42 Å². The number of nitrogens with zero attached hydrogens (tertiary/aromatic N) is 3. The van der Waals surface area contributed by atoms with E-state index in [1.54, 1.807) is 11.3 Å². The van der Waals surface area contributed by atoms with Gasteiger partial charge in [-0.1, -0.05) is 6.07 Å². The van der Waals surface area contributed by atoms with Crippen molar-refractivity contribution in [2.75, 3.05) is 33.2 Å². The van der Waals surface area contributed by atoms with Crippen molar-refractivity contribution in [1.29, 1.82) is 0 Å². The Morgan fingerprint density at radius 1 is 1.38 bits per heavy atom. The number of thiophene rings is 1. The number of hydrogen-bond acceptors (Lipinski definition) is 5. The van der Waals surface area contributed by atoms with Gasteiger partial charge in [0.25, 0.3) is 0 Å². The van der Waals surface area contributed by atoms with Gasteiger partial charge < -0.3 is 14.2 Å². The van der Waals surface area contributed by atoms with Gasteiger partial charge in [0, 0.05) is 26.2 Å². The van der Waals surface area contributed by atoms with Crippen LogP contribution in [0.3, 0.4) is 0 Å². The van der Waals surface area contributed by atoms with E-state index in [1.807, 2.05) is 29.3 Å². The second-order valence-electron chi connectivity index (χ2n) is 5.36. The van der Waals surface area contributed by atoms with Crippen LogP contribution in [0.5, 0.6) is 0 Å². The van der Waals surface area contributed by atoms with E-state index in [0.717, 1.165) is 42.5 Å². The zero-order valence-electron chi connectivity index (χ0n) is 12.3. The van der Waals surface area contributed by atoms with E-state index in [1.165, 1.54) is 0 Å². The molecular formula is C15H19N3O2S. The number of oxazole rings is 1. The van der Waals surface area contributed by atoms with Gasteiger partial charge in [-0.2, -0.15) is 0 Å². The molecule has 1 aliphatic heterocycles. The van der Waals surface area contributed by atoms with Gasteiger partial charge in [0.15, 0.2) is 0 Å². The van der Waals surface area contributed by atoms with Gasteiger partial charge in [-0.25, -0.2) is 4.98 Å². The lowest BCUT2D eigenvalue weighted by atomic mass is 10.2. The van der Waals surface area contributed by atoms with Gasteiger partial charge in [0.2, 0.25) is 11.8 Å². The Balaban J connectivity index is 1.69. The molecule has 1 fully saturated rings. The molecule has 0 N–H and O–H groups in total. The normalized spacial score (nSPS) is 16.4. The topological polar surface area (TPSA) is 49.6 Å². The van der Waals surface area contributed by atoms with Crippen LogP contribution >= 0.6 is 11.3 Å². The predicted octanol–water partition coefficient (Wildman–Crippen LogP) is 2.03. The summed E-state index contributed by atoms with van der Waals surface area (Å²) in [5.74, 6) is 1.49. The summed E-state index contributed by atoms with van der Waals surface area (Å²) in [6, 6.07) is 3.94. The largest absolute Gasteiger partial charge is 0.440 e. The third kappa shape index (κ3) is 3.16. The molecule has 6 heteroatoms. The lowest BCUT2D eigenvalue weighted by Crippen LogP contribution is -2.47. The van der Waals surface area contributed by atoms with Crippen LogP contribution in [0.25, 0.3) is 10.8 Å². The van der Waals surface area contributed by atoms with Gasteiger partial charge in [-0.05, 0) is 25.4 Å². The fourth-order valence-corrected chi connectivity index (χ4v) is 3.06. The lowest BCUT2D eigenvalue weighted by molar-refractivity contribution is -0.132. The van der Waals surface area contributed by atoms with Crippen molar-refractivity contribution in [1.82, 2.24) is 14.8 Å². The number of carbonyl (C=O) groups excluding carboxylic acids is 1. The molecule has 0 bridgehead atoms. The lowest BCUT2D eigenvalue weighted by Gasteiger charge is -2.32. The number of piperazine rings is 1. The summed E-state index contributed by atoms with van der Waals surface area (Å²) >= 11 is 1.59. The van der Waals surface area contributed by atoms with Crippen LogP contribution in [0.4, 0.5) is 0 Å². The first-order chi connectivity index (χ1) is 10.1. The van der Waals surface area contributed by atoms with E-state index in [2.05, 4.69) is 16.9 Å². The third-order valence-electron chi connectivity index (χ3n) is 3.80. The number of likely N-dealkylation sites (N-methyl/N-ethyl adjacent to an activating group) is 1. The van der Waals surface area contributed by atoms with E-state index >= 15 is 0 Å². The molecule has 1 aliphatic rings. The number of aromatic nitrogens is 1. The minimum atomic E-state index is 0.136. The quantitative estimate of drug-likeness (QED) is 0.870. The Kier molecular flexibility index (Phi) is 4.07. The first kappa shape index (κ1) is 14.3. The molecule has 21 heavy (non-hydrogen) atoms. The average molecular weight is 305 g/mol. The zero-order chi connectivity index (χ0) is 14.8. The Bertz CT molecular complexity index is 613. The summed E-state index contributed by atoms with van der Waals surface area (Å²) < 4.78 is 5.68. The van der Waals surface area contributed by atoms with Crippen molar-refractivity contribution >= 4 is 17.2 Å². The Hall–Kier alpha value is -1.66. The van der Waals surface area contributed by atoms with Gasteiger partial charge in [0.1, 0.15) is 5.76 Å². The van der Waals surface area contributed by atoms with Gasteiger partial charge >= 0.3 is 0 Å². The standard InChI is InChI=1S/C15H19N3O2S/c1-11-12(16-15(20-11)13-4-3-9-21-13)10-14(19)18-7-5-17(2)6-8-18/h3-4,9H,5-8,10H2,1-2H3. The molecule has 2 aromatic heterocycles. The smallest absolute Gasteiger partial charge is 0.236 e. The highest BCUT2D eigenvalue weighted by Gasteiger charge is 2.22. The molecule has 5 nitrogen and oxygen atoms in total. The molecule has 2 aromatic rings. The zero-order valence-corrected chi connectivity index (χ0v) is 13.2. The molecule has 0 atom stereocenters. The van der Waals surface area contributed by atoms with E-state index in [-0.39, 0.29) is 5.91 Å². The fraction of sp³-hybridized carbons (Fsp3) is 0.467. The van der Waals surface area contributed by atoms with Crippen LogP contribution in [0.15, 0.2) is 21.9 Å². The predicted molar refractivity (Wildman–Crippen MR) is 82.3 cm³/mol. The average Bonchev–Trinajstić information content (AvgIpc) is 3.10. The first-order valence-electron chi connectivity index (χ1n) is 7.10. The maximum atomic E-state index is 12.4. The number of aryl methyl sites for hydroxylation is 1. The number of amides is 1. The van der Waals surface area contributed by atoms with Crippen molar-refractivity contribution in [3.8, 4) is 10.8 Å². The summed E-state index contributed by atoms with van der Waals surface area (Å²) in [6.45, 7) is 5.33. The van der Waals surface area contributed by atoms with Crippen LogP contribution < -0.4 is 0 Å². The third-order valence-corrected chi connectivity index (χ3v) is 4.66. The van der Waals surface area contributed by atoms with E-state index in [9.17, 15) is 4.79 Å². The van der Waals surface area contributed by atoms with Crippen LogP contribution in [0.1, 0.15) is 11.5 Å². The number of carbonyl (C=O) groups is 1. The highest BCUT2D eigenvalue weighted by atomic mass is 32.1. The molecule has 0 aliphatic carbocycles. The van der Waals surface area contributed by atoms with Crippen LogP contribution in [0.2, 0.25) is 0 Å². The maximum Gasteiger partial charge on any atom is 0.236 e. The van der Waals surface area contributed by atoms with Crippen molar-refractivity contribution in [3.05, 3.63) is 29.0 Å². The van der Waals surface area contributed by atoms with Crippen molar-refractivity contribution < 1.29 is 9.21 Å². The molecule has 3 heterocycles. The summed E-state index contributed by atoms with van der Waals surface area (Å²) in [4.78, 5) is 22.0. The Morgan fingerprint density at radius 3 is 2.81 bits per heavy atom. The van der Waals surface area contributed by atoms with Crippen LogP contribution in [0, 0.1) is 6.92 Å². The van der Waals surface area contributed by atoms with E-state index in [0.29, 0.717) is 12.3 Å². The van der Waals surface area contributed by atoms with Crippen molar-refractivity contribution in [3.63, 3.8) is 0 Å². The maximum absolute atomic E-state index is 12.4. The monoisotopic (exact) mass is 305 g/mol. The van der Waals surface area contributed by atoms with Crippen molar-refractivity contribution in [2.45, 2.75) is 13.3 Å². The molecular weight excluding hydrogens is 286 g/mol. The Labute approximate surface area is 128 Å². The highest BCUT2D eigenvalue weighted by molar-refractivity contribution is 7.13. The minimum Gasteiger partial charge on any atom is -0.440 e. The van der Waals surface area contributed by atoms with Crippen LogP contribution in [-0.2, 0) is 11.2 Å². The molecule has 1 saturated heterocycles. The molecule has 3 rings (SSSR count).